The lowest BCUT2D eigenvalue weighted by Crippen LogP contribution is -2.44. The molecule has 1 aromatic carbocycles. The van der Waals surface area contributed by atoms with Crippen molar-refractivity contribution in [1.29, 1.82) is 0 Å². The van der Waals surface area contributed by atoms with E-state index in [4.69, 9.17) is 10.8 Å². The smallest absolute Gasteiger partial charge is 0.326 e. The number of benzene rings is 1. The molecule has 0 saturated carbocycles. The number of aliphatic hydroxyl groups is 1. The molecule has 1 aliphatic heterocycles. The number of nitrogens with two attached hydrogens (primary N) is 1. The SMILES string of the molecule is NCC(C(=O)N1CC(O)CC1C(=O)O)c1ccccc1. The highest BCUT2D eigenvalue weighted by molar-refractivity contribution is 5.89. The Labute approximate surface area is 116 Å². The average Bonchev–Trinajstić information content (AvgIpc) is 2.83. The number of carbonyl (C=O) groups is 2. The lowest BCUT2D eigenvalue weighted by atomic mass is 9.97. The van der Waals surface area contributed by atoms with Crippen LogP contribution >= 0.6 is 0 Å². The van der Waals surface area contributed by atoms with Crippen molar-refractivity contribution in [2.75, 3.05) is 13.1 Å². The van der Waals surface area contributed by atoms with Crippen LogP contribution in [0.1, 0.15) is 17.9 Å². The molecule has 4 N–H and O–H groups in total. The number of nitrogens with zero attached hydrogens (tertiary/aromatic N) is 1. The first kappa shape index (κ1) is 14.5. The van der Waals surface area contributed by atoms with Gasteiger partial charge in [0.25, 0.3) is 0 Å². The van der Waals surface area contributed by atoms with Gasteiger partial charge in [0.15, 0.2) is 0 Å². The van der Waals surface area contributed by atoms with Gasteiger partial charge in [-0.2, -0.15) is 0 Å². The zero-order chi connectivity index (χ0) is 14.7. The van der Waals surface area contributed by atoms with Crippen molar-refractivity contribution >= 4 is 11.9 Å². The maximum Gasteiger partial charge on any atom is 0.326 e. The van der Waals surface area contributed by atoms with Crippen molar-refractivity contribution in [2.24, 2.45) is 5.73 Å². The summed E-state index contributed by atoms with van der Waals surface area (Å²) >= 11 is 0. The maximum absolute atomic E-state index is 12.5. The van der Waals surface area contributed by atoms with Crippen LogP contribution in [0.15, 0.2) is 30.3 Å². The molecule has 0 radical (unpaired) electrons. The third-order valence-electron chi connectivity index (χ3n) is 3.58. The van der Waals surface area contributed by atoms with Gasteiger partial charge in [0, 0.05) is 19.5 Å². The highest BCUT2D eigenvalue weighted by Gasteiger charge is 2.41. The van der Waals surface area contributed by atoms with Gasteiger partial charge in [-0.05, 0) is 5.56 Å². The number of carboxylic acids is 1. The fraction of sp³-hybridized carbons (Fsp3) is 0.429. The Bertz CT molecular complexity index is 491. The maximum atomic E-state index is 12.5. The van der Waals surface area contributed by atoms with Crippen molar-refractivity contribution in [1.82, 2.24) is 4.90 Å². The summed E-state index contributed by atoms with van der Waals surface area (Å²) in [6.45, 7) is 0.140. The quantitative estimate of drug-likeness (QED) is 0.706. The Kier molecular flexibility index (Phi) is 4.36. The molecular weight excluding hydrogens is 260 g/mol. The summed E-state index contributed by atoms with van der Waals surface area (Å²) in [7, 11) is 0. The molecule has 1 aromatic rings. The second-order valence-corrected chi connectivity index (χ2v) is 4.93. The van der Waals surface area contributed by atoms with Gasteiger partial charge in [0.2, 0.25) is 5.91 Å². The highest BCUT2D eigenvalue weighted by Crippen LogP contribution is 2.24. The number of hydrogen-bond acceptors (Lipinski definition) is 4. The van der Waals surface area contributed by atoms with Gasteiger partial charge in [-0.1, -0.05) is 30.3 Å². The Morgan fingerprint density at radius 1 is 1.35 bits per heavy atom. The first-order chi connectivity index (χ1) is 9.54. The van der Waals surface area contributed by atoms with Crippen LogP contribution in [0.4, 0.5) is 0 Å². The highest BCUT2D eigenvalue weighted by atomic mass is 16.4. The minimum Gasteiger partial charge on any atom is -0.480 e. The third-order valence-corrected chi connectivity index (χ3v) is 3.58. The molecule has 2 rings (SSSR count). The molecule has 0 aliphatic carbocycles. The normalized spacial score (nSPS) is 23.6. The molecule has 6 nitrogen and oxygen atoms in total. The summed E-state index contributed by atoms with van der Waals surface area (Å²) in [5.41, 5.74) is 6.43. The lowest BCUT2D eigenvalue weighted by molar-refractivity contribution is -0.148. The van der Waals surface area contributed by atoms with Crippen LogP contribution in [-0.4, -0.2) is 52.2 Å². The first-order valence-electron chi connectivity index (χ1n) is 6.51. The van der Waals surface area contributed by atoms with Crippen LogP contribution in [0.3, 0.4) is 0 Å². The molecule has 1 aliphatic rings. The molecule has 0 aromatic heterocycles. The zero-order valence-electron chi connectivity index (χ0n) is 11.0. The second kappa shape index (κ2) is 6.02. The van der Waals surface area contributed by atoms with Crippen LogP contribution < -0.4 is 5.73 Å². The van der Waals surface area contributed by atoms with Crippen molar-refractivity contribution in [3.8, 4) is 0 Å². The fourth-order valence-corrected chi connectivity index (χ4v) is 2.56. The minimum absolute atomic E-state index is 0.0408. The molecule has 0 spiro atoms. The number of hydrogen-bond donors (Lipinski definition) is 3. The molecule has 1 amide bonds. The summed E-state index contributed by atoms with van der Waals surface area (Å²) in [5.74, 6) is -2.02. The van der Waals surface area contributed by atoms with Crippen LogP contribution in [0.25, 0.3) is 0 Å². The van der Waals surface area contributed by atoms with Crippen LogP contribution in [0, 0.1) is 0 Å². The van der Waals surface area contributed by atoms with E-state index in [0.29, 0.717) is 0 Å². The monoisotopic (exact) mass is 278 g/mol. The largest absolute Gasteiger partial charge is 0.480 e. The average molecular weight is 278 g/mol. The van der Waals surface area contributed by atoms with Crippen molar-refractivity contribution < 1.29 is 19.8 Å². The minimum atomic E-state index is -1.10. The van der Waals surface area contributed by atoms with E-state index in [2.05, 4.69) is 0 Å². The number of amides is 1. The molecule has 3 atom stereocenters. The van der Waals surface area contributed by atoms with Crippen molar-refractivity contribution in [3.05, 3.63) is 35.9 Å². The van der Waals surface area contributed by atoms with Gasteiger partial charge in [0.1, 0.15) is 6.04 Å². The fourth-order valence-electron chi connectivity index (χ4n) is 2.56. The number of carboxylic acid groups (broad SMARTS) is 1. The van der Waals surface area contributed by atoms with E-state index in [1.165, 1.54) is 4.90 Å². The van der Waals surface area contributed by atoms with E-state index >= 15 is 0 Å². The summed E-state index contributed by atoms with van der Waals surface area (Å²) in [6.07, 6.45) is -0.734. The van der Waals surface area contributed by atoms with Crippen molar-refractivity contribution in [2.45, 2.75) is 24.5 Å². The van der Waals surface area contributed by atoms with Crippen LogP contribution in [0.2, 0.25) is 0 Å². The van der Waals surface area contributed by atoms with E-state index < -0.39 is 24.0 Å². The molecule has 1 heterocycles. The summed E-state index contributed by atoms with van der Waals surface area (Å²) in [5, 5.41) is 18.7. The Morgan fingerprint density at radius 2 is 2.00 bits per heavy atom. The van der Waals surface area contributed by atoms with E-state index in [0.717, 1.165) is 5.56 Å². The number of carbonyl (C=O) groups excluding carboxylic acids is 1. The Balaban J connectivity index is 2.22. The standard InChI is InChI=1S/C14H18N2O4/c15-7-11(9-4-2-1-3-5-9)13(18)16-8-10(17)6-12(16)14(19)20/h1-5,10-12,17H,6-8,15H2,(H,19,20). The van der Waals surface area contributed by atoms with Gasteiger partial charge >= 0.3 is 5.97 Å². The number of rotatable bonds is 4. The van der Waals surface area contributed by atoms with Gasteiger partial charge in [-0.25, -0.2) is 4.79 Å². The third kappa shape index (κ3) is 2.81. The van der Waals surface area contributed by atoms with E-state index in [1.54, 1.807) is 24.3 Å². The zero-order valence-corrected chi connectivity index (χ0v) is 11.0. The molecule has 1 saturated heterocycles. The van der Waals surface area contributed by atoms with Gasteiger partial charge < -0.3 is 20.8 Å². The predicted octanol–water partition coefficient (Wildman–Crippen LogP) is -0.225. The van der Waals surface area contributed by atoms with E-state index in [9.17, 15) is 14.7 Å². The van der Waals surface area contributed by atoms with E-state index in [-0.39, 0.29) is 25.4 Å². The molecule has 0 bridgehead atoms. The van der Waals surface area contributed by atoms with Gasteiger partial charge in [-0.3, -0.25) is 4.79 Å². The molecule has 3 unspecified atom stereocenters. The Hall–Kier alpha value is -1.92. The van der Waals surface area contributed by atoms with Crippen LogP contribution in [-0.2, 0) is 9.59 Å². The number of likely N-dealkylation sites (tertiary alicyclic amines) is 1. The lowest BCUT2D eigenvalue weighted by Gasteiger charge is -2.26. The van der Waals surface area contributed by atoms with Crippen molar-refractivity contribution in [3.63, 3.8) is 0 Å². The molecule has 20 heavy (non-hydrogen) atoms. The predicted molar refractivity (Wildman–Crippen MR) is 72.0 cm³/mol. The summed E-state index contributed by atoms with van der Waals surface area (Å²) in [6, 6.07) is 8.05. The summed E-state index contributed by atoms with van der Waals surface area (Å²) in [4.78, 5) is 24.9. The number of aliphatic hydroxyl groups excluding tert-OH is 1. The van der Waals surface area contributed by atoms with Gasteiger partial charge in [0.05, 0.1) is 12.0 Å². The van der Waals surface area contributed by atoms with E-state index in [1.807, 2.05) is 6.07 Å². The second-order valence-electron chi connectivity index (χ2n) is 4.93. The summed E-state index contributed by atoms with van der Waals surface area (Å²) < 4.78 is 0. The molecule has 6 heteroatoms. The topological polar surface area (TPSA) is 104 Å². The molecule has 108 valence electrons. The first-order valence-corrected chi connectivity index (χ1v) is 6.51. The molecular formula is C14H18N2O4. The number of β-amino-alcohol motifs (C(OH)–C–C–N with tert-alkyl or cyclic N) is 1. The van der Waals surface area contributed by atoms with Gasteiger partial charge in [-0.15, -0.1) is 0 Å². The number of aliphatic carboxylic acids is 1. The Morgan fingerprint density at radius 3 is 2.55 bits per heavy atom. The molecule has 1 fully saturated rings. The van der Waals surface area contributed by atoms with Crippen LogP contribution in [0.5, 0.6) is 0 Å².